The van der Waals surface area contributed by atoms with Gasteiger partial charge in [-0.3, -0.25) is 9.69 Å². The van der Waals surface area contributed by atoms with E-state index in [-0.39, 0.29) is 11.9 Å². The summed E-state index contributed by atoms with van der Waals surface area (Å²) in [4.78, 5) is 19.9. The zero-order chi connectivity index (χ0) is 23.9. The van der Waals surface area contributed by atoms with Crippen molar-refractivity contribution in [2.24, 2.45) is 0 Å². The number of rotatable bonds is 8. The molecule has 0 unspecified atom stereocenters. The Balaban J connectivity index is 1.16. The van der Waals surface area contributed by atoms with Crippen molar-refractivity contribution in [3.8, 4) is 22.6 Å². The van der Waals surface area contributed by atoms with E-state index in [2.05, 4.69) is 40.5 Å². The fourth-order valence-corrected chi connectivity index (χ4v) is 4.65. The molecular weight excluding hydrogens is 434 g/mol. The Kier molecular flexibility index (Phi) is 7.35. The lowest BCUT2D eigenvalue weighted by Gasteiger charge is -2.32. The molecule has 178 valence electrons. The van der Waals surface area contributed by atoms with Crippen LogP contribution in [0.4, 0.5) is 0 Å². The molecule has 0 aliphatic carbocycles. The van der Waals surface area contributed by atoms with E-state index in [9.17, 15) is 4.79 Å². The van der Waals surface area contributed by atoms with Crippen molar-refractivity contribution in [2.75, 3.05) is 13.1 Å². The molecule has 3 aromatic carbocycles. The second-order valence-corrected chi connectivity index (χ2v) is 9.12. The first-order chi connectivity index (χ1) is 17.2. The molecule has 0 bridgehead atoms. The number of hydrogen-bond acceptors (Lipinski definition) is 4. The van der Waals surface area contributed by atoms with E-state index in [0.717, 1.165) is 55.1 Å². The number of aryl methyl sites for hydroxylation is 1. The minimum Gasteiger partial charge on any atom is -0.440 e. The third-order valence-corrected chi connectivity index (χ3v) is 6.52. The summed E-state index contributed by atoms with van der Waals surface area (Å²) in [6, 6.07) is 30.9. The van der Waals surface area contributed by atoms with Gasteiger partial charge in [-0.05, 0) is 18.4 Å². The Morgan fingerprint density at radius 1 is 0.857 bits per heavy atom. The van der Waals surface area contributed by atoms with Gasteiger partial charge in [0.25, 0.3) is 0 Å². The van der Waals surface area contributed by atoms with Crippen LogP contribution in [-0.4, -0.2) is 34.9 Å². The summed E-state index contributed by atoms with van der Waals surface area (Å²) in [6.07, 6.45) is 2.81. The van der Waals surface area contributed by atoms with Gasteiger partial charge in [0.1, 0.15) is 5.69 Å². The second kappa shape index (κ2) is 11.2. The smallest absolute Gasteiger partial charge is 0.220 e. The lowest BCUT2D eigenvalue weighted by molar-refractivity contribution is -0.122. The first-order valence-electron chi connectivity index (χ1n) is 12.4. The highest BCUT2D eigenvalue weighted by Crippen LogP contribution is 2.32. The number of likely N-dealkylation sites (tertiary alicyclic amines) is 1. The number of carbonyl (C=O) groups is 1. The predicted octanol–water partition coefficient (Wildman–Crippen LogP) is 5.72. The largest absolute Gasteiger partial charge is 0.440 e. The van der Waals surface area contributed by atoms with E-state index in [4.69, 9.17) is 9.40 Å². The summed E-state index contributed by atoms with van der Waals surface area (Å²) in [5.41, 5.74) is 4.15. The molecule has 0 spiro atoms. The number of carbonyl (C=O) groups excluding carboxylic acids is 1. The monoisotopic (exact) mass is 465 g/mol. The summed E-state index contributed by atoms with van der Waals surface area (Å²) in [7, 11) is 0. The van der Waals surface area contributed by atoms with Gasteiger partial charge in [-0.2, -0.15) is 0 Å². The first-order valence-corrected chi connectivity index (χ1v) is 12.4. The third kappa shape index (κ3) is 6.06. The topological polar surface area (TPSA) is 58.4 Å². The zero-order valence-corrected chi connectivity index (χ0v) is 19.9. The average molecular weight is 466 g/mol. The molecule has 1 N–H and O–H groups in total. The van der Waals surface area contributed by atoms with Crippen molar-refractivity contribution in [3.05, 3.63) is 102 Å². The van der Waals surface area contributed by atoms with Crippen molar-refractivity contribution in [3.63, 3.8) is 0 Å². The van der Waals surface area contributed by atoms with Gasteiger partial charge in [0.05, 0.1) is 0 Å². The molecule has 5 rings (SSSR count). The van der Waals surface area contributed by atoms with Crippen LogP contribution in [0.15, 0.2) is 95.4 Å². The Hall–Kier alpha value is -3.70. The fourth-order valence-electron chi connectivity index (χ4n) is 4.65. The van der Waals surface area contributed by atoms with Crippen LogP contribution in [0.5, 0.6) is 0 Å². The maximum absolute atomic E-state index is 12.7. The number of nitrogens with one attached hydrogen (secondary N) is 1. The molecule has 2 heterocycles. The third-order valence-electron chi connectivity index (χ3n) is 6.52. The van der Waals surface area contributed by atoms with Crippen molar-refractivity contribution < 1.29 is 9.21 Å². The van der Waals surface area contributed by atoms with Gasteiger partial charge >= 0.3 is 0 Å². The maximum atomic E-state index is 12.7. The molecule has 1 fully saturated rings. The van der Waals surface area contributed by atoms with Gasteiger partial charge in [-0.1, -0.05) is 91.0 Å². The number of hydrogen-bond donors (Lipinski definition) is 1. The molecular formula is C30H31N3O2. The van der Waals surface area contributed by atoms with E-state index in [0.29, 0.717) is 18.7 Å². The van der Waals surface area contributed by atoms with Crippen LogP contribution in [0, 0.1) is 0 Å². The molecule has 5 nitrogen and oxygen atoms in total. The van der Waals surface area contributed by atoms with Crippen molar-refractivity contribution in [1.82, 2.24) is 15.2 Å². The Bertz CT molecular complexity index is 1160. The zero-order valence-electron chi connectivity index (χ0n) is 19.9. The van der Waals surface area contributed by atoms with Crippen LogP contribution < -0.4 is 5.32 Å². The summed E-state index contributed by atoms with van der Waals surface area (Å²) < 4.78 is 6.17. The van der Waals surface area contributed by atoms with Crippen molar-refractivity contribution >= 4 is 5.91 Å². The van der Waals surface area contributed by atoms with E-state index < -0.39 is 0 Å². The Morgan fingerprint density at radius 3 is 2.11 bits per heavy atom. The van der Waals surface area contributed by atoms with Crippen LogP contribution in [0.2, 0.25) is 0 Å². The van der Waals surface area contributed by atoms with Gasteiger partial charge in [-0.25, -0.2) is 4.98 Å². The van der Waals surface area contributed by atoms with Crippen LogP contribution in [0.25, 0.3) is 22.6 Å². The van der Waals surface area contributed by atoms with Gasteiger partial charge in [0.15, 0.2) is 11.7 Å². The second-order valence-electron chi connectivity index (χ2n) is 9.12. The molecule has 1 amide bonds. The SMILES string of the molecule is O=C(CCc1nc(-c2ccccc2)c(-c2ccccc2)o1)NC1CCN(Cc2ccccc2)CC1. The quantitative estimate of drug-likeness (QED) is 0.361. The lowest BCUT2D eigenvalue weighted by Crippen LogP contribution is -2.44. The summed E-state index contributed by atoms with van der Waals surface area (Å²) in [5, 5.41) is 3.22. The highest BCUT2D eigenvalue weighted by Gasteiger charge is 2.22. The first kappa shape index (κ1) is 23.1. The van der Waals surface area contributed by atoms with E-state index in [1.54, 1.807) is 0 Å². The molecule has 1 aromatic heterocycles. The maximum Gasteiger partial charge on any atom is 0.220 e. The van der Waals surface area contributed by atoms with Crippen LogP contribution >= 0.6 is 0 Å². The molecule has 4 aromatic rings. The number of aromatic nitrogens is 1. The van der Waals surface area contributed by atoms with Gasteiger partial charge < -0.3 is 9.73 Å². The molecule has 0 atom stereocenters. The highest BCUT2D eigenvalue weighted by atomic mass is 16.4. The van der Waals surface area contributed by atoms with Gasteiger partial charge in [0.2, 0.25) is 5.91 Å². The standard InChI is InChI=1S/C30H31N3O2/c34-27(31-26-18-20-33(21-19-26)22-23-10-4-1-5-11-23)16-17-28-32-29(24-12-6-2-7-13-24)30(35-28)25-14-8-3-9-15-25/h1-15,26H,16-22H2,(H,31,34). The summed E-state index contributed by atoms with van der Waals surface area (Å²) >= 11 is 0. The van der Waals surface area contributed by atoms with Crippen molar-refractivity contribution in [1.29, 1.82) is 0 Å². The lowest BCUT2D eigenvalue weighted by atomic mass is 10.0. The van der Waals surface area contributed by atoms with E-state index in [1.165, 1.54) is 5.56 Å². The molecule has 1 saturated heterocycles. The average Bonchev–Trinajstić information content (AvgIpc) is 3.35. The van der Waals surface area contributed by atoms with Crippen LogP contribution in [0.3, 0.4) is 0 Å². The predicted molar refractivity (Wildman–Crippen MR) is 139 cm³/mol. The molecule has 5 heteroatoms. The molecule has 1 aliphatic rings. The number of piperidine rings is 1. The minimum atomic E-state index is 0.0623. The van der Waals surface area contributed by atoms with Gasteiger partial charge in [-0.15, -0.1) is 0 Å². The van der Waals surface area contributed by atoms with Crippen molar-refractivity contribution in [2.45, 2.75) is 38.3 Å². The van der Waals surface area contributed by atoms with Gasteiger partial charge in [0, 0.05) is 49.6 Å². The minimum absolute atomic E-state index is 0.0623. The molecule has 0 radical (unpaired) electrons. The number of nitrogens with zero attached hydrogens (tertiary/aromatic N) is 2. The van der Waals surface area contributed by atoms with Crippen LogP contribution in [-0.2, 0) is 17.8 Å². The Morgan fingerprint density at radius 2 is 1.46 bits per heavy atom. The van der Waals surface area contributed by atoms with E-state index >= 15 is 0 Å². The van der Waals surface area contributed by atoms with Crippen LogP contribution in [0.1, 0.15) is 30.7 Å². The summed E-state index contributed by atoms with van der Waals surface area (Å²) in [6.45, 7) is 2.97. The fraction of sp³-hybridized carbons (Fsp3) is 0.267. The normalized spacial score (nSPS) is 14.6. The highest BCUT2D eigenvalue weighted by molar-refractivity contribution is 5.78. The number of amides is 1. The molecule has 1 aliphatic heterocycles. The number of benzene rings is 3. The molecule has 35 heavy (non-hydrogen) atoms. The molecule has 0 saturated carbocycles. The van der Waals surface area contributed by atoms with E-state index in [1.807, 2.05) is 60.7 Å². The summed E-state index contributed by atoms with van der Waals surface area (Å²) in [5.74, 6) is 1.40. The number of oxazole rings is 1. The Labute approximate surface area is 206 Å².